The van der Waals surface area contributed by atoms with Gasteiger partial charge in [0.2, 0.25) is 5.91 Å². The van der Waals surface area contributed by atoms with Crippen LogP contribution < -0.4 is 29.7 Å². The Balaban J connectivity index is 0.000000474. The van der Waals surface area contributed by atoms with E-state index in [1.807, 2.05) is 30.3 Å². The molecule has 7 rings (SSSR count). The molecule has 74 heavy (non-hydrogen) atoms. The molecule has 0 fully saturated rings. The van der Waals surface area contributed by atoms with Crippen LogP contribution in [0.5, 0.6) is 5.75 Å². The summed E-state index contributed by atoms with van der Waals surface area (Å²) in [6.07, 6.45) is -0.122. The lowest BCUT2D eigenvalue weighted by Gasteiger charge is -2.26. The third-order valence-corrected chi connectivity index (χ3v) is 15.9. The first-order valence-corrected chi connectivity index (χ1v) is 29.3. The summed E-state index contributed by atoms with van der Waals surface area (Å²) in [7, 11) is -16.1. The van der Waals surface area contributed by atoms with Crippen LogP contribution in [0.2, 0.25) is 0 Å². The van der Waals surface area contributed by atoms with Gasteiger partial charge in [0.15, 0.2) is 6.61 Å². The number of fused-ring (bicyclic) bond motifs is 2. The Bertz CT molecular complexity index is 3180. The molecule has 4 N–H and O–H groups in total. The number of ether oxygens (including phenoxy) is 1. The number of rotatable bonds is 18. The topological polar surface area (TPSA) is 244 Å². The molecular formula is C54H71N5O12S3. The minimum absolute atomic E-state index is 0.00213. The van der Waals surface area contributed by atoms with E-state index in [2.05, 4.69) is 79.5 Å². The van der Waals surface area contributed by atoms with E-state index in [-0.39, 0.29) is 63.5 Å². The van der Waals surface area contributed by atoms with Crippen LogP contribution >= 0.6 is 0 Å². The fourth-order valence-corrected chi connectivity index (χ4v) is 10.9. The average molecular weight is 1080 g/mol. The highest BCUT2D eigenvalue weighted by Gasteiger charge is 2.25. The number of hydrogen-bond acceptors (Lipinski definition) is 12. The van der Waals surface area contributed by atoms with Crippen LogP contribution in [0, 0.1) is 11.8 Å². The monoisotopic (exact) mass is 1080 g/mol. The number of carbonyl (C=O) groups excluding carboxylic acids is 2. The third-order valence-electron chi connectivity index (χ3n) is 13.2. The normalized spacial score (nSPS) is 12.3. The lowest BCUT2D eigenvalue weighted by Crippen LogP contribution is -3.11. The maximum atomic E-state index is 13.5. The number of amides is 2. The van der Waals surface area contributed by atoms with Gasteiger partial charge in [-0.1, -0.05) is 60.4 Å². The zero-order valence-electron chi connectivity index (χ0n) is 43.8. The van der Waals surface area contributed by atoms with E-state index < -0.39 is 57.6 Å². The van der Waals surface area contributed by atoms with Gasteiger partial charge in [-0.2, -0.15) is 0 Å². The molecule has 2 amide bonds. The predicted molar refractivity (Wildman–Crippen MR) is 285 cm³/mol. The number of quaternary nitrogens is 3. The Kier molecular flexibility index (Phi) is 22.8. The summed E-state index contributed by atoms with van der Waals surface area (Å²) in [4.78, 5) is 30.1. The molecule has 6 aromatic carbocycles. The van der Waals surface area contributed by atoms with Crippen LogP contribution in [-0.2, 0) is 46.5 Å². The molecule has 0 spiro atoms. The third kappa shape index (κ3) is 15.7. The summed E-state index contributed by atoms with van der Waals surface area (Å²) in [5.41, 5.74) is 2.87. The molecule has 1 heterocycles. The highest BCUT2D eigenvalue weighted by molar-refractivity contribution is 7.87. The van der Waals surface area contributed by atoms with Gasteiger partial charge in [-0.25, -0.2) is 25.3 Å². The largest absolute Gasteiger partial charge is 0.744 e. The molecule has 0 atom stereocenters. The molecule has 20 heteroatoms. The van der Waals surface area contributed by atoms with Crippen molar-refractivity contribution in [2.24, 2.45) is 0 Å². The van der Waals surface area contributed by atoms with Crippen molar-refractivity contribution in [3.63, 3.8) is 0 Å². The number of carbonyl (C=O) groups is 2. The Morgan fingerprint density at radius 1 is 0.554 bits per heavy atom. The predicted octanol–water partition coefficient (Wildman–Crippen LogP) is 2.92. The van der Waals surface area contributed by atoms with Gasteiger partial charge in [-0.3, -0.25) is 9.59 Å². The van der Waals surface area contributed by atoms with Gasteiger partial charge in [0.05, 0.1) is 85.8 Å². The van der Waals surface area contributed by atoms with Gasteiger partial charge in [-0.15, -0.1) is 0 Å². The fourth-order valence-electron chi connectivity index (χ4n) is 8.70. The number of hydrogen-bond donors (Lipinski definition) is 4. The minimum Gasteiger partial charge on any atom is -0.744 e. The molecule has 1 aliphatic rings. The van der Waals surface area contributed by atoms with Crippen LogP contribution in [0.15, 0.2) is 99.6 Å². The maximum absolute atomic E-state index is 13.5. The SMILES string of the molecule is CC[NH+](CC)CC.CC[NH+](CC)CC.CC[NH+](CC)CC.O=C(COc1cc(S(=O)(=O)[O-])c2ccc3c(S(=O)(=O)[O-])cc(S(=O)(=O)[O-])c4ccc1c2c43)NCCC(=O)N1Cc2ccccc2C#Cc2ccccc21. The molecule has 402 valence electrons. The second-order valence-electron chi connectivity index (χ2n) is 17.4. The molecule has 0 saturated carbocycles. The first-order chi connectivity index (χ1) is 35.1. The summed E-state index contributed by atoms with van der Waals surface area (Å²) in [6, 6.07) is 20.3. The summed E-state index contributed by atoms with van der Waals surface area (Å²) in [5.74, 6) is 4.85. The number of anilines is 1. The van der Waals surface area contributed by atoms with Crippen molar-refractivity contribution in [2.45, 2.75) is 90.0 Å². The molecular weight excluding hydrogens is 1010 g/mol. The van der Waals surface area contributed by atoms with Crippen molar-refractivity contribution in [1.82, 2.24) is 5.32 Å². The Morgan fingerprint density at radius 3 is 1.39 bits per heavy atom. The molecule has 0 radical (unpaired) electrons. The van der Waals surface area contributed by atoms with Crippen molar-refractivity contribution in [1.29, 1.82) is 0 Å². The van der Waals surface area contributed by atoms with Crippen LogP contribution in [-0.4, -0.2) is 123 Å². The Hall–Kier alpha value is -5.73. The summed E-state index contributed by atoms with van der Waals surface area (Å²) in [5, 5.41) is 1.10. The smallest absolute Gasteiger partial charge is 0.257 e. The van der Waals surface area contributed by atoms with E-state index in [1.54, 1.807) is 37.8 Å². The number of nitrogens with zero attached hydrogens (tertiary/aromatic N) is 1. The van der Waals surface area contributed by atoms with Crippen LogP contribution in [0.25, 0.3) is 32.3 Å². The molecule has 0 unspecified atom stereocenters. The minimum atomic E-state index is -5.38. The van der Waals surface area contributed by atoms with Gasteiger partial charge in [0.1, 0.15) is 36.1 Å². The van der Waals surface area contributed by atoms with E-state index in [0.29, 0.717) is 17.3 Å². The first kappa shape index (κ1) is 60.8. The lowest BCUT2D eigenvalue weighted by atomic mass is 9.93. The van der Waals surface area contributed by atoms with Crippen LogP contribution in [0.4, 0.5) is 5.69 Å². The van der Waals surface area contributed by atoms with E-state index >= 15 is 0 Å². The molecule has 6 aromatic rings. The van der Waals surface area contributed by atoms with Gasteiger partial charge in [-0.05, 0) is 104 Å². The Labute approximate surface area is 437 Å². The van der Waals surface area contributed by atoms with Crippen LogP contribution in [0.1, 0.15) is 85.4 Å². The maximum Gasteiger partial charge on any atom is 0.257 e. The van der Waals surface area contributed by atoms with E-state index in [4.69, 9.17) is 4.74 Å². The van der Waals surface area contributed by atoms with Crippen molar-refractivity contribution in [3.05, 3.63) is 102 Å². The fraction of sp³-hybridized carbons (Fsp3) is 0.407. The standard InChI is InChI=1S/C36H26N2O12S3.3C6H15N/c39-33(37-16-15-34(40)38-19-23-7-2-1-5-21(23)9-10-22-6-3-4-8-28(22)38)20-50-29-17-30(51(41,42)43)25-13-14-27-32(53(47,48)49)18-31(52(44,45)46)26-12-11-24(29)35(25)36(26)27;3*1-4-7(5-2)6-3/h1-8,11-14,17-18H,15-16,19-20H2,(H,37,39)(H,41,42,43)(H,44,45,46)(H,47,48,49);3*4-6H2,1-3H3. The molecule has 0 aliphatic carbocycles. The van der Waals surface area contributed by atoms with Gasteiger partial charge >= 0.3 is 0 Å². The van der Waals surface area contributed by atoms with Crippen LogP contribution in [0.3, 0.4) is 0 Å². The van der Waals surface area contributed by atoms with E-state index in [9.17, 15) is 48.5 Å². The highest BCUT2D eigenvalue weighted by atomic mass is 32.2. The van der Waals surface area contributed by atoms with Gasteiger partial charge in [0.25, 0.3) is 5.91 Å². The first-order valence-electron chi connectivity index (χ1n) is 25.1. The van der Waals surface area contributed by atoms with Gasteiger partial charge in [0, 0.05) is 56.4 Å². The molecule has 17 nitrogen and oxygen atoms in total. The van der Waals surface area contributed by atoms with Crippen molar-refractivity contribution in [2.75, 3.05) is 77.0 Å². The van der Waals surface area contributed by atoms with Gasteiger partial charge < -0.3 is 43.3 Å². The number of nitrogens with one attached hydrogen (secondary N) is 4. The van der Waals surface area contributed by atoms with E-state index in [1.165, 1.54) is 65.0 Å². The quantitative estimate of drug-likeness (QED) is 0.0552. The molecule has 1 aliphatic heterocycles. The Morgan fingerprint density at radius 2 is 0.946 bits per heavy atom. The average Bonchev–Trinajstić information content (AvgIpc) is 3.36. The molecule has 0 aromatic heterocycles. The summed E-state index contributed by atoms with van der Waals surface area (Å²) >= 11 is 0. The molecule has 0 saturated heterocycles. The number of para-hydroxylation sites is 1. The lowest BCUT2D eigenvalue weighted by molar-refractivity contribution is -0.894. The summed E-state index contributed by atoms with van der Waals surface area (Å²) in [6.45, 7) is 30.8. The summed E-state index contributed by atoms with van der Waals surface area (Å²) < 4.78 is 116. The van der Waals surface area contributed by atoms with E-state index in [0.717, 1.165) is 35.4 Å². The van der Waals surface area contributed by atoms with Crippen molar-refractivity contribution < 1.29 is 67.9 Å². The molecule has 0 bridgehead atoms. The van der Waals surface area contributed by atoms with Crippen molar-refractivity contribution in [3.8, 4) is 17.6 Å². The highest BCUT2D eigenvalue weighted by Crippen LogP contribution is 2.45. The second kappa shape index (κ2) is 27.7. The second-order valence-corrected chi connectivity index (χ2v) is 21.4. The number of benzene rings is 6. The van der Waals surface area contributed by atoms with Crippen molar-refractivity contribution >= 4 is 80.2 Å². The zero-order valence-corrected chi connectivity index (χ0v) is 46.3. The zero-order chi connectivity index (χ0) is 55.0.